The highest BCUT2D eigenvalue weighted by molar-refractivity contribution is 5.90. The summed E-state index contributed by atoms with van der Waals surface area (Å²) in [5.41, 5.74) is 0.799. The van der Waals surface area contributed by atoms with Crippen molar-refractivity contribution < 1.29 is 14.6 Å². The highest BCUT2D eigenvalue weighted by atomic mass is 16.5. The van der Waals surface area contributed by atoms with Gasteiger partial charge in [-0.05, 0) is 17.7 Å². The topological polar surface area (TPSA) is 46.5 Å². The Bertz CT molecular complexity index is 474. The molecule has 1 aliphatic rings. The van der Waals surface area contributed by atoms with Crippen LogP contribution in [0.25, 0.3) is 0 Å². The largest absolute Gasteiger partial charge is 0.478 e. The lowest BCUT2D eigenvalue weighted by molar-refractivity contribution is -0.132. The third-order valence-corrected chi connectivity index (χ3v) is 3.03. The van der Waals surface area contributed by atoms with E-state index in [1.807, 2.05) is 36.4 Å². The van der Waals surface area contributed by atoms with Crippen molar-refractivity contribution in [2.24, 2.45) is 0 Å². The van der Waals surface area contributed by atoms with Crippen molar-refractivity contribution in [1.29, 1.82) is 0 Å². The summed E-state index contributed by atoms with van der Waals surface area (Å²) in [7, 11) is 1.64. The van der Waals surface area contributed by atoms with Crippen LogP contribution in [0.2, 0.25) is 0 Å². The Morgan fingerprint density at radius 2 is 2.06 bits per heavy atom. The molecule has 0 saturated heterocycles. The number of rotatable bonds is 3. The maximum Gasteiger partial charge on any atom is 0.335 e. The molecular formula is C14H14O3. The second kappa shape index (κ2) is 4.55. The van der Waals surface area contributed by atoms with Gasteiger partial charge in [0.15, 0.2) is 0 Å². The van der Waals surface area contributed by atoms with Gasteiger partial charge in [-0.1, -0.05) is 36.4 Å². The molecule has 1 aromatic carbocycles. The molecule has 0 heterocycles. The summed E-state index contributed by atoms with van der Waals surface area (Å²) in [6.45, 7) is 0. The van der Waals surface area contributed by atoms with E-state index in [9.17, 15) is 4.79 Å². The van der Waals surface area contributed by atoms with E-state index in [1.165, 1.54) is 0 Å². The Kier molecular flexibility index (Phi) is 3.11. The fourth-order valence-electron chi connectivity index (χ4n) is 1.98. The highest BCUT2D eigenvalue weighted by Crippen LogP contribution is 2.34. The van der Waals surface area contributed by atoms with E-state index in [2.05, 4.69) is 0 Å². The van der Waals surface area contributed by atoms with Gasteiger partial charge in [-0.25, -0.2) is 4.79 Å². The van der Waals surface area contributed by atoms with Crippen LogP contribution in [-0.2, 0) is 15.1 Å². The second-order valence-corrected chi connectivity index (χ2v) is 3.96. The van der Waals surface area contributed by atoms with Crippen LogP contribution >= 0.6 is 0 Å². The van der Waals surface area contributed by atoms with Crippen LogP contribution in [0.15, 0.2) is 54.1 Å². The molecule has 88 valence electrons. The van der Waals surface area contributed by atoms with Crippen LogP contribution in [0, 0.1) is 0 Å². The van der Waals surface area contributed by atoms with Crippen molar-refractivity contribution >= 4 is 5.97 Å². The summed E-state index contributed by atoms with van der Waals surface area (Å²) in [5, 5.41) is 8.89. The molecule has 0 saturated carbocycles. The molecule has 0 bridgehead atoms. The van der Waals surface area contributed by atoms with Crippen molar-refractivity contribution in [1.82, 2.24) is 0 Å². The quantitative estimate of drug-likeness (QED) is 0.867. The first-order valence-electron chi connectivity index (χ1n) is 5.41. The van der Waals surface area contributed by atoms with Crippen molar-refractivity contribution in [2.45, 2.75) is 12.0 Å². The van der Waals surface area contributed by atoms with E-state index in [4.69, 9.17) is 9.84 Å². The maximum absolute atomic E-state index is 10.8. The molecule has 0 radical (unpaired) electrons. The van der Waals surface area contributed by atoms with E-state index >= 15 is 0 Å². The zero-order chi connectivity index (χ0) is 12.3. The fraction of sp³-hybridized carbons (Fsp3) is 0.214. The van der Waals surface area contributed by atoms with E-state index in [0.29, 0.717) is 12.0 Å². The third kappa shape index (κ3) is 2.15. The normalized spacial score (nSPS) is 23.2. The van der Waals surface area contributed by atoms with Crippen LogP contribution in [-0.4, -0.2) is 18.2 Å². The number of aliphatic carboxylic acids is 1. The molecular weight excluding hydrogens is 216 g/mol. The van der Waals surface area contributed by atoms with Gasteiger partial charge in [-0.15, -0.1) is 0 Å². The minimum absolute atomic E-state index is 0.314. The molecule has 1 N–H and O–H groups in total. The predicted octanol–water partition coefficient (Wildman–Crippen LogP) is 2.50. The fourth-order valence-corrected chi connectivity index (χ4v) is 1.98. The number of carboxylic acid groups (broad SMARTS) is 1. The number of hydrogen-bond acceptors (Lipinski definition) is 2. The summed E-state index contributed by atoms with van der Waals surface area (Å²) < 4.78 is 5.57. The molecule has 3 heteroatoms. The predicted molar refractivity (Wildman–Crippen MR) is 64.6 cm³/mol. The number of hydrogen-bond donors (Lipinski definition) is 1. The monoisotopic (exact) mass is 230 g/mol. The Balaban J connectivity index is 2.32. The molecule has 0 aromatic heterocycles. The Hall–Kier alpha value is -1.87. The van der Waals surface area contributed by atoms with Gasteiger partial charge in [-0.2, -0.15) is 0 Å². The zero-order valence-corrected chi connectivity index (χ0v) is 9.59. The van der Waals surface area contributed by atoms with Crippen LogP contribution in [0.3, 0.4) is 0 Å². The Morgan fingerprint density at radius 1 is 1.35 bits per heavy atom. The first-order valence-corrected chi connectivity index (χ1v) is 5.41. The van der Waals surface area contributed by atoms with E-state index in [-0.39, 0.29) is 0 Å². The summed E-state index contributed by atoms with van der Waals surface area (Å²) in [6, 6.07) is 9.79. The average Bonchev–Trinajstić information content (AvgIpc) is 2.40. The molecule has 1 unspecified atom stereocenters. The smallest absolute Gasteiger partial charge is 0.335 e. The standard InChI is InChI=1S/C14H14O3/c1-17-14(12-5-3-2-4-6-12)9-7-11(8-10-14)13(15)16/h2-9H,10H2,1H3,(H,15,16). The SMILES string of the molecule is COC1(c2ccccc2)C=CC(C(=O)O)=CC1. The minimum Gasteiger partial charge on any atom is -0.478 e. The van der Waals surface area contributed by atoms with Crippen molar-refractivity contribution in [3.63, 3.8) is 0 Å². The lowest BCUT2D eigenvalue weighted by Gasteiger charge is -2.31. The van der Waals surface area contributed by atoms with Gasteiger partial charge in [0, 0.05) is 13.5 Å². The van der Waals surface area contributed by atoms with E-state index in [0.717, 1.165) is 5.56 Å². The minimum atomic E-state index is -0.904. The zero-order valence-electron chi connectivity index (χ0n) is 9.59. The highest BCUT2D eigenvalue weighted by Gasteiger charge is 2.30. The summed E-state index contributed by atoms with van der Waals surface area (Å²) in [4.78, 5) is 10.8. The Labute approximate surface area is 100 Å². The van der Waals surface area contributed by atoms with Crippen molar-refractivity contribution in [3.8, 4) is 0 Å². The number of carboxylic acids is 1. The van der Waals surface area contributed by atoms with Gasteiger partial charge in [-0.3, -0.25) is 0 Å². The average molecular weight is 230 g/mol. The first kappa shape index (κ1) is 11.6. The van der Waals surface area contributed by atoms with Crippen LogP contribution in [0.1, 0.15) is 12.0 Å². The second-order valence-electron chi connectivity index (χ2n) is 3.96. The molecule has 0 spiro atoms. The molecule has 0 aliphatic heterocycles. The molecule has 1 aliphatic carbocycles. The molecule has 2 rings (SSSR count). The van der Waals surface area contributed by atoms with Gasteiger partial charge in [0.05, 0.1) is 5.57 Å². The number of ether oxygens (including phenoxy) is 1. The molecule has 0 amide bonds. The van der Waals surface area contributed by atoms with Crippen molar-refractivity contribution in [2.75, 3.05) is 7.11 Å². The summed E-state index contributed by atoms with van der Waals surface area (Å²) in [5.74, 6) is -0.904. The molecule has 3 nitrogen and oxygen atoms in total. The molecule has 0 fully saturated rings. The first-order chi connectivity index (χ1) is 8.18. The lowest BCUT2D eigenvalue weighted by atomic mass is 9.85. The lowest BCUT2D eigenvalue weighted by Crippen LogP contribution is -2.27. The van der Waals surface area contributed by atoms with Crippen LogP contribution in [0.4, 0.5) is 0 Å². The third-order valence-electron chi connectivity index (χ3n) is 3.03. The van der Waals surface area contributed by atoms with Gasteiger partial charge < -0.3 is 9.84 Å². The van der Waals surface area contributed by atoms with Gasteiger partial charge in [0.1, 0.15) is 5.60 Å². The van der Waals surface area contributed by atoms with Crippen molar-refractivity contribution in [3.05, 3.63) is 59.7 Å². The Morgan fingerprint density at radius 3 is 2.53 bits per heavy atom. The maximum atomic E-state index is 10.8. The van der Waals surface area contributed by atoms with Gasteiger partial charge in [0.2, 0.25) is 0 Å². The van der Waals surface area contributed by atoms with E-state index < -0.39 is 11.6 Å². The van der Waals surface area contributed by atoms with Gasteiger partial charge in [0.25, 0.3) is 0 Å². The van der Waals surface area contributed by atoms with Crippen LogP contribution in [0.5, 0.6) is 0 Å². The number of benzene rings is 1. The number of carbonyl (C=O) groups is 1. The molecule has 1 atom stereocenters. The summed E-state index contributed by atoms with van der Waals surface area (Å²) >= 11 is 0. The van der Waals surface area contributed by atoms with Gasteiger partial charge >= 0.3 is 5.97 Å². The molecule has 17 heavy (non-hydrogen) atoms. The van der Waals surface area contributed by atoms with Crippen LogP contribution < -0.4 is 0 Å². The number of methoxy groups -OCH3 is 1. The molecule has 1 aromatic rings. The van der Waals surface area contributed by atoms with E-state index in [1.54, 1.807) is 19.3 Å². The summed E-state index contributed by atoms with van der Waals surface area (Å²) in [6.07, 6.45) is 5.64.